The SMILES string of the molecule is COc1cccc(C2CC(C(=O)Nc3n[nH]c(C(F)(F)F)n3)NN2)c1. The first kappa shape index (κ1) is 17.2. The molecule has 0 bridgehead atoms. The monoisotopic (exact) mass is 356 g/mol. The number of hydrazine groups is 1. The van der Waals surface area contributed by atoms with E-state index in [0.29, 0.717) is 12.2 Å². The molecule has 2 heterocycles. The zero-order chi connectivity index (χ0) is 18.0. The van der Waals surface area contributed by atoms with Gasteiger partial charge in [-0.2, -0.15) is 18.2 Å². The number of carbonyl (C=O) groups is 1. The summed E-state index contributed by atoms with van der Waals surface area (Å²) >= 11 is 0. The lowest BCUT2D eigenvalue weighted by Gasteiger charge is -2.11. The molecular formula is C14H15F3N6O2. The Morgan fingerprint density at radius 2 is 2.16 bits per heavy atom. The van der Waals surface area contributed by atoms with Gasteiger partial charge >= 0.3 is 6.18 Å². The van der Waals surface area contributed by atoms with Crippen molar-refractivity contribution in [2.75, 3.05) is 12.4 Å². The van der Waals surface area contributed by atoms with Crippen LogP contribution in [0.15, 0.2) is 24.3 Å². The van der Waals surface area contributed by atoms with E-state index in [9.17, 15) is 18.0 Å². The third-order valence-electron chi connectivity index (χ3n) is 3.70. The van der Waals surface area contributed by atoms with Gasteiger partial charge in [0.25, 0.3) is 0 Å². The van der Waals surface area contributed by atoms with Gasteiger partial charge in [0.05, 0.1) is 7.11 Å². The first-order chi connectivity index (χ1) is 11.9. The van der Waals surface area contributed by atoms with Gasteiger partial charge in [-0.25, -0.2) is 10.9 Å². The molecule has 8 nitrogen and oxygen atoms in total. The predicted molar refractivity (Wildman–Crippen MR) is 80.4 cm³/mol. The highest BCUT2D eigenvalue weighted by molar-refractivity contribution is 5.93. The summed E-state index contributed by atoms with van der Waals surface area (Å²) in [5.41, 5.74) is 6.70. The Hall–Kier alpha value is -2.66. The molecule has 1 aliphatic heterocycles. The molecule has 1 saturated heterocycles. The highest BCUT2D eigenvalue weighted by Crippen LogP contribution is 2.27. The van der Waals surface area contributed by atoms with Gasteiger partial charge in [0.15, 0.2) is 0 Å². The van der Waals surface area contributed by atoms with Crippen molar-refractivity contribution in [3.8, 4) is 5.75 Å². The molecule has 1 fully saturated rings. The lowest BCUT2D eigenvalue weighted by molar-refractivity contribution is -0.144. The summed E-state index contributed by atoms with van der Waals surface area (Å²) in [6.07, 6.45) is -4.25. The van der Waals surface area contributed by atoms with Crippen LogP contribution in [0.3, 0.4) is 0 Å². The molecule has 25 heavy (non-hydrogen) atoms. The maximum atomic E-state index is 12.5. The molecule has 0 saturated carbocycles. The van der Waals surface area contributed by atoms with Gasteiger partial charge in [-0.15, -0.1) is 5.10 Å². The Kier molecular flexibility index (Phi) is 4.59. The summed E-state index contributed by atoms with van der Waals surface area (Å²) in [5, 5.41) is 7.33. The minimum atomic E-state index is -4.65. The second-order valence-electron chi connectivity index (χ2n) is 5.40. The van der Waals surface area contributed by atoms with Gasteiger partial charge in [0.2, 0.25) is 17.7 Å². The predicted octanol–water partition coefficient (Wildman–Crippen LogP) is 1.38. The molecule has 4 N–H and O–H groups in total. The van der Waals surface area contributed by atoms with Crippen molar-refractivity contribution in [2.45, 2.75) is 24.7 Å². The number of methoxy groups -OCH3 is 1. The molecule has 0 aliphatic carbocycles. The van der Waals surface area contributed by atoms with E-state index in [1.54, 1.807) is 18.3 Å². The van der Waals surface area contributed by atoms with Crippen molar-refractivity contribution < 1.29 is 22.7 Å². The summed E-state index contributed by atoms with van der Waals surface area (Å²) in [7, 11) is 1.56. The number of anilines is 1. The number of aromatic amines is 1. The van der Waals surface area contributed by atoms with Crippen LogP contribution >= 0.6 is 0 Å². The van der Waals surface area contributed by atoms with Crippen molar-refractivity contribution in [1.82, 2.24) is 26.0 Å². The standard InChI is InChI=1S/C14H15F3N6O2/c1-25-8-4-2-3-7(5-8)9-6-10(21-20-9)11(24)18-13-19-12(22-23-13)14(15,16)17/h2-5,9-10,20-21H,6H2,1H3,(H2,18,19,22,23,24). The van der Waals surface area contributed by atoms with Crippen LogP contribution in [0.25, 0.3) is 0 Å². The Bertz CT molecular complexity index is 763. The van der Waals surface area contributed by atoms with Crippen LogP contribution in [-0.2, 0) is 11.0 Å². The number of hydrogen-bond acceptors (Lipinski definition) is 6. The van der Waals surface area contributed by atoms with Crippen LogP contribution in [0.1, 0.15) is 23.9 Å². The van der Waals surface area contributed by atoms with E-state index in [1.165, 1.54) is 0 Å². The number of carbonyl (C=O) groups excluding carboxylic acids is 1. The maximum absolute atomic E-state index is 12.5. The number of alkyl halides is 3. The second-order valence-corrected chi connectivity index (χ2v) is 5.40. The quantitative estimate of drug-likeness (QED) is 0.660. The molecule has 2 aromatic rings. The highest BCUT2D eigenvalue weighted by Gasteiger charge is 2.36. The second kappa shape index (κ2) is 6.69. The normalized spacial score (nSPS) is 20.5. The summed E-state index contributed by atoms with van der Waals surface area (Å²) in [4.78, 5) is 15.4. The maximum Gasteiger partial charge on any atom is 0.451 e. The van der Waals surface area contributed by atoms with E-state index in [4.69, 9.17) is 4.74 Å². The van der Waals surface area contributed by atoms with E-state index in [0.717, 1.165) is 5.56 Å². The lowest BCUT2D eigenvalue weighted by atomic mass is 10.0. The van der Waals surface area contributed by atoms with E-state index < -0.39 is 29.9 Å². The largest absolute Gasteiger partial charge is 0.497 e. The van der Waals surface area contributed by atoms with E-state index in [1.807, 2.05) is 18.2 Å². The Morgan fingerprint density at radius 1 is 1.36 bits per heavy atom. The number of nitrogens with one attached hydrogen (secondary N) is 4. The minimum absolute atomic E-state index is 0.149. The number of H-pyrrole nitrogens is 1. The minimum Gasteiger partial charge on any atom is -0.497 e. The van der Waals surface area contributed by atoms with Gasteiger partial charge in [-0.1, -0.05) is 12.1 Å². The van der Waals surface area contributed by atoms with Crippen molar-refractivity contribution in [3.63, 3.8) is 0 Å². The van der Waals surface area contributed by atoms with Crippen molar-refractivity contribution >= 4 is 11.9 Å². The summed E-state index contributed by atoms with van der Waals surface area (Å²) < 4.78 is 42.5. The van der Waals surface area contributed by atoms with Crippen LogP contribution in [0, 0.1) is 0 Å². The fourth-order valence-electron chi connectivity index (χ4n) is 2.45. The molecule has 134 valence electrons. The van der Waals surface area contributed by atoms with Crippen LogP contribution in [0.4, 0.5) is 19.1 Å². The first-order valence-corrected chi connectivity index (χ1v) is 7.32. The topological polar surface area (TPSA) is 104 Å². The number of benzene rings is 1. The number of ether oxygens (including phenoxy) is 1. The molecule has 0 radical (unpaired) electrons. The third kappa shape index (κ3) is 3.88. The summed E-state index contributed by atoms with van der Waals surface area (Å²) in [6.45, 7) is 0. The fourth-order valence-corrected chi connectivity index (χ4v) is 2.45. The Labute approximate surface area is 140 Å². The molecule has 2 atom stereocenters. The van der Waals surface area contributed by atoms with Crippen LogP contribution in [-0.4, -0.2) is 34.2 Å². The van der Waals surface area contributed by atoms with Gasteiger partial charge in [0, 0.05) is 6.04 Å². The van der Waals surface area contributed by atoms with Gasteiger partial charge in [-0.3, -0.25) is 15.2 Å². The lowest BCUT2D eigenvalue weighted by Crippen LogP contribution is -2.39. The molecule has 1 amide bonds. The summed E-state index contributed by atoms with van der Waals surface area (Å²) in [6, 6.07) is 6.55. The summed E-state index contributed by atoms with van der Waals surface area (Å²) in [5.74, 6) is -1.54. The number of amides is 1. The molecular weight excluding hydrogens is 341 g/mol. The zero-order valence-electron chi connectivity index (χ0n) is 13.0. The number of aromatic nitrogens is 3. The van der Waals surface area contributed by atoms with Crippen LogP contribution < -0.4 is 20.9 Å². The Morgan fingerprint density at radius 3 is 2.84 bits per heavy atom. The van der Waals surface area contributed by atoms with Crippen LogP contribution in [0.5, 0.6) is 5.75 Å². The van der Waals surface area contributed by atoms with Gasteiger partial charge in [0.1, 0.15) is 11.8 Å². The van der Waals surface area contributed by atoms with Crippen molar-refractivity contribution in [3.05, 3.63) is 35.7 Å². The average molecular weight is 356 g/mol. The number of hydrogen-bond donors (Lipinski definition) is 4. The molecule has 1 aromatic carbocycles. The van der Waals surface area contributed by atoms with Gasteiger partial charge < -0.3 is 4.74 Å². The highest BCUT2D eigenvalue weighted by atomic mass is 19.4. The molecule has 3 rings (SSSR count). The molecule has 2 unspecified atom stereocenters. The van der Waals surface area contributed by atoms with E-state index >= 15 is 0 Å². The van der Waals surface area contributed by atoms with Crippen LogP contribution in [0.2, 0.25) is 0 Å². The number of halogens is 3. The smallest absolute Gasteiger partial charge is 0.451 e. The number of nitrogens with zero attached hydrogens (tertiary/aromatic N) is 2. The van der Waals surface area contributed by atoms with Crippen molar-refractivity contribution in [1.29, 1.82) is 0 Å². The Balaban J connectivity index is 1.61. The molecule has 11 heteroatoms. The van der Waals surface area contributed by atoms with Gasteiger partial charge in [-0.05, 0) is 24.1 Å². The molecule has 1 aliphatic rings. The fraction of sp³-hybridized carbons (Fsp3) is 0.357. The molecule has 1 aromatic heterocycles. The van der Waals surface area contributed by atoms with Crippen molar-refractivity contribution in [2.24, 2.45) is 0 Å². The van der Waals surface area contributed by atoms with E-state index in [2.05, 4.69) is 26.3 Å². The van der Waals surface area contributed by atoms with E-state index in [-0.39, 0.29) is 6.04 Å². The third-order valence-corrected chi connectivity index (χ3v) is 3.70. The zero-order valence-corrected chi connectivity index (χ0v) is 13.0. The average Bonchev–Trinajstić information content (AvgIpc) is 3.24. The number of rotatable bonds is 4. The molecule has 0 spiro atoms. The first-order valence-electron chi connectivity index (χ1n) is 7.32.